The highest BCUT2D eigenvalue weighted by Crippen LogP contribution is 2.51. The van der Waals surface area contributed by atoms with E-state index in [2.05, 4.69) is 26.5 Å². The third-order valence-electron chi connectivity index (χ3n) is 4.25. The fourth-order valence-corrected chi connectivity index (χ4v) is 2.51. The molecule has 0 heterocycles. The zero-order valence-corrected chi connectivity index (χ0v) is 10.9. The standard InChI is InChI=1S/C14H21NO/c1-9(2)14(5,6)11-7-13(3,4)12(16)10(11)8-15/h10-11H,1,7H2,2-6H3/t10-,11+/m1/s1. The van der Waals surface area contributed by atoms with Crippen LogP contribution < -0.4 is 0 Å². The van der Waals surface area contributed by atoms with E-state index in [1.165, 1.54) is 0 Å². The van der Waals surface area contributed by atoms with Crippen LogP contribution >= 0.6 is 0 Å². The summed E-state index contributed by atoms with van der Waals surface area (Å²) in [5, 5.41) is 9.18. The summed E-state index contributed by atoms with van der Waals surface area (Å²) in [6, 6.07) is 2.19. The Balaban J connectivity index is 3.14. The van der Waals surface area contributed by atoms with Crippen molar-refractivity contribution in [3.63, 3.8) is 0 Å². The number of carbonyl (C=O) groups is 1. The topological polar surface area (TPSA) is 40.9 Å². The molecular formula is C14H21NO. The van der Waals surface area contributed by atoms with Crippen LogP contribution in [0.4, 0.5) is 0 Å². The SMILES string of the molecule is C=C(C)C(C)(C)[C@H]1CC(C)(C)C(=O)[C@@H]1C#N. The van der Waals surface area contributed by atoms with Crippen LogP contribution in [0, 0.1) is 34.0 Å². The summed E-state index contributed by atoms with van der Waals surface area (Å²) in [6.45, 7) is 14.0. The fraction of sp³-hybridized carbons (Fsp3) is 0.714. The van der Waals surface area contributed by atoms with E-state index in [1.54, 1.807) is 0 Å². The van der Waals surface area contributed by atoms with E-state index in [9.17, 15) is 10.1 Å². The summed E-state index contributed by atoms with van der Waals surface area (Å²) in [5.74, 6) is -0.284. The molecule has 0 radical (unpaired) electrons. The molecule has 2 atom stereocenters. The van der Waals surface area contributed by atoms with Crippen molar-refractivity contribution >= 4 is 5.78 Å². The van der Waals surface area contributed by atoms with Gasteiger partial charge >= 0.3 is 0 Å². The van der Waals surface area contributed by atoms with Crippen molar-refractivity contribution < 1.29 is 4.79 Å². The lowest BCUT2D eigenvalue weighted by Gasteiger charge is -2.34. The van der Waals surface area contributed by atoms with Crippen LogP contribution in [0.25, 0.3) is 0 Å². The first-order valence-electron chi connectivity index (χ1n) is 5.74. The summed E-state index contributed by atoms with van der Waals surface area (Å²) in [4.78, 5) is 12.1. The highest BCUT2D eigenvalue weighted by Gasteiger charge is 2.52. The van der Waals surface area contributed by atoms with Crippen molar-refractivity contribution in [2.45, 2.75) is 41.0 Å². The van der Waals surface area contributed by atoms with Gasteiger partial charge in [0.2, 0.25) is 0 Å². The number of hydrogen-bond donors (Lipinski definition) is 0. The van der Waals surface area contributed by atoms with Crippen LogP contribution in [0.5, 0.6) is 0 Å². The summed E-state index contributed by atoms with van der Waals surface area (Å²) in [7, 11) is 0. The second-order valence-electron chi connectivity index (χ2n) is 6.17. The van der Waals surface area contributed by atoms with E-state index in [0.717, 1.165) is 12.0 Å². The van der Waals surface area contributed by atoms with Crippen LogP contribution in [0.2, 0.25) is 0 Å². The molecule has 0 bridgehead atoms. The van der Waals surface area contributed by atoms with Gasteiger partial charge in [0.15, 0.2) is 5.78 Å². The predicted octanol–water partition coefficient (Wildman–Crippen LogP) is 3.34. The van der Waals surface area contributed by atoms with Gasteiger partial charge in [0.05, 0.1) is 6.07 Å². The first-order chi connectivity index (χ1) is 7.14. The Bertz CT molecular complexity index is 371. The maximum Gasteiger partial charge on any atom is 0.155 e. The molecule has 1 aliphatic rings. The summed E-state index contributed by atoms with van der Waals surface area (Å²) < 4.78 is 0. The Labute approximate surface area is 98.3 Å². The fourth-order valence-electron chi connectivity index (χ4n) is 2.51. The van der Waals surface area contributed by atoms with Gasteiger partial charge in [-0.25, -0.2) is 0 Å². The Hall–Kier alpha value is -1.10. The molecule has 2 heteroatoms. The maximum absolute atomic E-state index is 12.1. The van der Waals surface area contributed by atoms with Gasteiger partial charge in [-0.15, -0.1) is 0 Å². The normalized spacial score (nSPS) is 28.9. The van der Waals surface area contributed by atoms with Crippen LogP contribution in [0.1, 0.15) is 41.0 Å². The minimum atomic E-state index is -0.471. The van der Waals surface area contributed by atoms with Gasteiger partial charge in [-0.2, -0.15) is 5.26 Å². The van der Waals surface area contributed by atoms with Gasteiger partial charge in [0.25, 0.3) is 0 Å². The lowest BCUT2D eigenvalue weighted by Crippen LogP contribution is -2.29. The Kier molecular flexibility index (Phi) is 3.02. The number of nitrogens with zero attached hydrogens (tertiary/aromatic N) is 1. The molecule has 0 saturated heterocycles. The zero-order valence-electron chi connectivity index (χ0n) is 10.9. The number of nitriles is 1. The highest BCUT2D eigenvalue weighted by molar-refractivity contribution is 5.91. The van der Waals surface area contributed by atoms with Crippen LogP contribution in [0.15, 0.2) is 12.2 Å². The number of hydrogen-bond acceptors (Lipinski definition) is 2. The van der Waals surface area contributed by atoms with Crippen molar-refractivity contribution in [2.75, 3.05) is 0 Å². The Morgan fingerprint density at radius 1 is 1.56 bits per heavy atom. The first kappa shape index (κ1) is 13.0. The van der Waals surface area contributed by atoms with Crippen molar-refractivity contribution in [2.24, 2.45) is 22.7 Å². The number of ketones is 1. The van der Waals surface area contributed by atoms with E-state index in [1.807, 2.05) is 20.8 Å². The van der Waals surface area contributed by atoms with E-state index in [-0.39, 0.29) is 22.5 Å². The maximum atomic E-state index is 12.1. The third-order valence-corrected chi connectivity index (χ3v) is 4.25. The van der Waals surface area contributed by atoms with Gasteiger partial charge in [-0.05, 0) is 24.7 Å². The predicted molar refractivity (Wildman–Crippen MR) is 64.6 cm³/mol. The average molecular weight is 219 g/mol. The molecule has 0 aromatic heterocycles. The van der Waals surface area contributed by atoms with Crippen molar-refractivity contribution in [3.05, 3.63) is 12.2 Å². The largest absolute Gasteiger partial charge is 0.298 e. The van der Waals surface area contributed by atoms with Crippen molar-refractivity contribution in [1.29, 1.82) is 5.26 Å². The van der Waals surface area contributed by atoms with Crippen LogP contribution in [-0.4, -0.2) is 5.78 Å². The monoisotopic (exact) mass is 219 g/mol. The molecule has 0 unspecified atom stereocenters. The molecule has 1 aliphatic carbocycles. The van der Waals surface area contributed by atoms with Crippen molar-refractivity contribution in [1.82, 2.24) is 0 Å². The van der Waals surface area contributed by atoms with Gasteiger partial charge in [-0.3, -0.25) is 4.79 Å². The van der Waals surface area contributed by atoms with E-state index < -0.39 is 5.92 Å². The minimum Gasteiger partial charge on any atom is -0.298 e. The Morgan fingerprint density at radius 3 is 2.44 bits per heavy atom. The number of carbonyl (C=O) groups excluding carboxylic acids is 1. The molecule has 0 N–H and O–H groups in total. The lowest BCUT2D eigenvalue weighted by molar-refractivity contribution is -0.126. The average Bonchev–Trinajstić information content (AvgIpc) is 2.38. The molecule has 0 spiro atoms. The molecular weight excluding hydrogens is 198 g/mol. The lowest BCUT2D eigenvalue weighted by atomic mass is 9.69. The second kappa shape index (κ2) is 3.73. The second-order valence-corrected chi connectivity index (χ2v) is 6.17. The molecule has 0 amide bonds. The van der Waals surface area contributed by atoms with Gasteiger partial charge in [-0.1, -0.05) is 39.8 Å². The molecule has 0 aromatic carbocycles. The van der Waals surface area contributed by atoms with Gasteiger partial charge in [0.1, 0.15) is 5.92 Å². The molecule has 0 aromatic rings. The summed E-state index contributed by atoms with van der Waals surface area (Å²) >= 11 is 0. The van der Waals surface area contributed by atoms with Gasteiger partial charge in [0, 0.05) is 5.41 Å². The first-order valence-corrected chi connectivity index (χ1v) is 5.74. The molecule has 1 rings (SSSR count). The van der Waals surface area contributed by atoms with Gasteiger partial charge < -0.3 is 0 Å². The summed E-state index contributed by atoms with van der Waals surface area (Å²) in [5.41, 5.74) is 0.532. The molecule has 1 saturated carbocycles. The van der Waals surface area contributed by atoms with E-state index in [4.69, 9.17) is 0 Å². The molecule has 2 nitrogen and oxygen atoms in total. The van der Waals surface area contributed by atoms with Crippen LogP contribution in [0.3, 0.4) is 0 Å². The molecule has 1 fully saturated rings. The minimum absolute atomic E-state index is 0.0920. The van der Waals surface area contributed by atoms with Crippen molar-refractivity contribution in [3.8, 4) is 6.07 Å². The Morgan fingerprint density at radius 2 is 2.06 bits per heavy atom. The smallest absolute Gasteiger partial charge is 0.155 e. The molecule has 16 heavy (non-hydrogen) atoms. The van der Waals surface area contributed by atoms with E-state index in [0.29, 0.717) is 0 Å². The summed E-state index contributed by atoms with van der Waals surface area (Å²) in [6.07, 6.45) is 0.782. The van der Waals surface area contributed by atoms with E-state index >= 15 is 0 Å². The van der Waals surface area contributed by atoms with Crippen LogP contribution in [-0.2, 0) is 4.79 Å². The zero-order chi connectivity index (χ0) is 12.7. The molecule has 88 valence electrons. The highest BCUT2D eigenvalue weighted by atomic mass is 16.1. The third kappa shape index (κ3) is 1.80. The quantitative estimate of drug-likeness (QED) is 0.668. The molecule has 0 aliphatic heterocycles. The number of allylic oxidation sites excluding steroid dienone is 1. The number of rotatable bonds is 2. The number of Topliss-reactive ketones (excluding diaryl/α,β-unsaturated/α-hetero) is 1.